The van der Waals surface area contributed by atoms with Crippen LogP contribution in [0.2, 0.25) is 0 Å². The van der Waals surface area contributed by atoms with E-state index < -0.39 is 0 Å². The van der Waals surface area contributed by atoms with Gasteiger partial charge in [-0.2, -0.15) is 0 Å². The van der Waals surface area contributed by atoms with Gasteiger partial charge in [0.1, 0.15) is 15.8 Å². The van der Waals surface area contributed by atoms with Gasteiger partial charge in [-0.1, -0.05) is 31.2 Å². The third-order valence-corrected chi connectivity index (χ3v) is 7.89. The fraction of sp³-hybridized carbons (Fsp3) is 0.280. The molecule has 1 amide bonds. The van der Waals surface area contributed by atoms with Gasteiger partial charge in [0.25, 0.3) is 5.91 Å². The number of hydrogen-bond acceptors (Lipinski definition) is 6. The van der Waals surface area contributed by atoms with E-state index in [0.717, 1.165) is 57.4 Å². The summed E-state index contributed by atoms with van der Waals surface area (Å²) in [6.07, 6.45) is 0.973. The van der Waals surface area contributed by atoms with Gasteiger partial charge in [0.05, 0.1) is 10.2 Å². The largest absolute Gasteiger partial charge is 0.484 e. The normalized spacial score (nSPS) is 13.4. The highest BCUT2D eigenvalue weighted by Crippen LogP contribution is 2.45. The zero-order valence-electron chi connectivity index (χ0n) is 18.6. The Hall–Kier alpha value is -2.45. The molecule has 0 fully saturated rings. The molecule has 0 bridgehead atoms. The van der Waals surface area contributed by atoms with E-state index in [4.69, 9.17) is 9.72 Å². The van der Waals surface area contributed by atoms with Gasteiger partial charge in [0.2, 0.25) is 0 Å². The summed E-state index contributed by atoms with van der Waals surface area (Å²) in [5.41, 5.74) is 4.52. The van der Waals surface area contributed by atoms with Crippen LogP contribution in [0.25, 0.3) is 20.8 Å². The molecular weight excluding hydrogens is 474 g/mol. The lowest BCUT2D eigenvalue weighted by atomic mass is 10.0. The standard InChI is InChI=1S/C25H25N3O2S2.ClH/c1-3-28-12-11-18-21(14-28)32-25(23(18)24-26-19-9-4-5-10-20(19)31-24)27-22(29)15-30-17-8-6-7-16(2)13-17;/h4-10,13H,3,11-12,14-15H2,1-2H3,(H,27,29);1H. The van der Waals surface area contributed by atoms with Crippen molar-refractivity contribution in [2.75, 3.05) is 25.0 Å². The van der Waals surface area contributed by atoms with E-state index in [1.54, 1.807) is 22.7 Å². The van der Waals surface area contributed by atoms with E-state index >= 15 is 0 Å². The van der Waals surface area contributed by atoms with Crippen molar-refractivity contribution >= 4 is 56.2 Å². The molecule has 0 aliphatic carbocycles. The highest BCUT2D eigenvalue weighted by molar-refractivity contribution is 7.22. The van der Waals surface area contributed by atoms with Crippen molar-refractivity contribution in [1.82, 2.24) is 9.88 Å². The molecule has 2 aromatic carbocycles. The van der Waals surface area contributed by atoms with Crippen LogP contribution in [0.1, 0.15) is 22.9 Å². The van der Waals surface area contributed by atoms with Gasteiger partial charge in [-0.15, -0.1) is 35.1 Å². The molecule has 5 rings (SSSR count). The maximum Gasteiger partial charge on any atom is 0.262 e. The van der Waals surface area contributed by atoms with Gasteiger partial charge < -0.3 is 10.1 Å². The number of anilines is 1. The fourth-order valence-corrected chi connectivity index (χ4v) is 6.45. The van der Waals surface area contributed by atoms with Gasteiger partial charge in [0.15, 0.2) is 6.61 Å². The van der Waals surface area contributed by atoms with E-state index in [0.29, 0.717) is 5.75 Å². The second-order valence-electron chi connectivity index (χ2n) is 7.97. The van der Waals surface area contributed by atoms with Crippen molar-refractivity contribution in [2.24, 2.45) is 0 Å². The van der Waals surface area contributed by atoms with E-state index in [2.05, 4.69) is 23.2 Å². The number of nitrogens with zero attached hydrogens (tertiary/aromatic N) is 2. The molecule has 172 valence electrons. The van der Waals surface area contributed by atoms with Crippen LogP contribution in [-0.4, -0.2) is 35.5 Å². The molecular formula is C25H26ClN3O2S2. The molecule has 2 aromatic heterocycles. The van der Waals surface area contributed by atoms with E-state index in [1.165, 1.54) is 10.4 Å². The average Bonchev–Trinajstić information content (AvgIpc) is 3.37. The number of benzene rings is 2. The number of rotatable bonds is 6. The SMILES string of the molecule is CCN1CCc2c(sc(NC(=O)COc3cccc(C)c3)c2-c2nc3ccccc3s2)C1.Cl. The third-order valence-electron chi connectivity index (χ3n) is 5.70. The minimum atomic E-state index is -0.153. The average molecular weight is 500 g/mol. The van der Waals surface area contributed by atoms with E-state index in [1.807, 2.05) is 49.4 Å². The van der Waals surface area contributed by atoms with Crippen molar-refractivity contribution in [1.29, 1.82) is 0 Å². The van der Waals surface area contributed by atoms with Crippen molar-refractivity contribution in [3.8, 4) is 16.3 Å². The van der Waals surface area contributed by atoms with Gasteiger partial charge in [-0.25, -0.2) is 4.98 Å². The third kappa shape index (κ3) is 5.06. The zero-order chi connectivity index (χ0) is 22.1. The maximum absolute atomic E-state index is 12.8. The Labute approximate surface area is 207 Å². The predicted molar refractivity (Wildman–Crippen MR) is 140 cm³/mol. The number of amides is 1. The van der Waals surface area contributed by atoms with Crippen LogP contribution < -0.4 is 10.1 Å². The Kier molecular flexibility index (Phi) is 7.34. The molecule has 0 atom stereocenters. The second kappa shape index (κ2) is 10.2. The highest BCUT2D eigenvalue weighted by Gasteiger charge is 2.27. The Morgan fingerprint density at radius 1 is 1.18 bits per heavy atom. The van der Waals surface area contributed by atoms with Crippen LogP contribution in [-0.2, 0) is 17.8 Å². The van der Waals surface area contributed by atoms with Gasteiger partial charge >= 0.3 is 0 Å². The lowest BCUT2D eigenvalue weighted by Crippen LogP contribution is -2.29. The summed E-state index contributed by atoms with van der Waals surface area (Å²) in [6.45, 7) is 7.16. The van der Waals surface area contributed by atoms with Crippen molar-refractivity contribution in [3.63, 3.8) is 0 Å². The first-order chi connectivity index (χ1) is 15.6. The van der Waals surface area contributed by atoms with Crippen molar-refractivity contribution in [3.05, 3.63) is 64.5 Å². The highest BCUT2D eigenvalue weighted by atomic mass is 35.5. The molecule has 3 heterocycles. The molecule has 0 radical (unpaired) electrons. The number of aromatic nitrogens is 1. The number of fused-ring (bicyclic) bond motifs is 2. The lowest BCUT2D eigenvalue weighted by molar-refractivity contribution is -0.118. The Morgan fingerprint density at radius 3 is 2.82 bits per heavy atom. The number of hydrogen-bond donors (Lipinski definition) is 1. The number of thiophene rings is 1. The summed E-state index contributed by atoms with van der Waals surface area (Å²) in [5, 5.41) is 4.99. The Morgan fingerprint density at radius 2 is 2.03 bits per heavy atom. The number of carbonyl (C=O) groups excluding carboxylic acids is 1. The molecule has 8 heteroatoms. The number of aryl methyl sites for hydroxylation is 1. The van der Waals surface area contributed by atoms with Crippen LogP contribution in [0.15, 0.2) is 48.5 Å². The summed E-state index contributed by atoms with van der Waals surface area (Å²) in [5.74, 6) is 0.551. The van der Waals surface area contributed by atoms with Gasteiger partial charge in [-0.05, 0) is 55.3 Å². The number of likely N-dealkylation sites (N-methyl/N-ethyl adjacent to an activating group) is 1. The number of carbonyl (C=O) groups is 1. The second-order valence-corrected chi connectivity index (χ2v) is 10.1. The quantitative estimate of drug-likeness (QED) is 0.345. The van der Waals surface area contributed by atoms with E-state index in [-0.39, 0.29) is 24.9 Å². The Bertz CT molecular complexity index is 1250. The predicted octanol–water partition coefficient (Wildman–Crippen LogP) is 6.15. The first-order valence-corrected chi connectivity index (χ1v) is 12.5. The van der Waals surface area contributed by atoms with Crippen LogP contribution in [0.5, 0.6) is 5.75 Å². The molecule has 0 unspecified atom stereocenters. The molecule has 5 nitrogen and oxygen atoms in total. The summed E-state index contributed by atoms with van der Waals surface area (Å²) >= 11 is 3.36. The monoisotopic (exact) mass is 499 g/mol. The molecule has 1 aliphatic heterocycles. The van der Waals surface area contributed by atoms with Crippen molar-refractivity contribution in [2.45, 2.75) is 26.8 Å². The first kappa shape index (κ1) is 23.7. The molecule has 0 saturated carbocycles. The summed E-state index contributed by atoms with van der Waals surface area (Å²) in [6, 6.07) is 15.9. The summed E-state index contributed by atoms with van der Waals surface area (Å²) in [4.78, 5) is 21.5. The molecule has 0 spiro atoms. The van der Waals surface area contributed by atoms with Crippen LogP contribution in [0.3, 0.4) is 0 Å². The molecule has 1 N–H and O–H groups in total. The van der Waals surface area contributed by atoms with Crippen LogP contribution in [0.4, 0.5) is 5.00 Å². The molecule has 4 aromatic rings. The molecule has 0 saturated heterocycles. The van der Waals surface area contributed by atoms with Crippen LogP contribution in [0, 0.1) is 6.92 Å². The number of halogens is 1. The minimum Gasteiger partial charge on any atom is -0.484 e. The molecule has 33 heavy (non-hydrogen) atoms. The summed E-state index contributed by atoms with van der Waals surface area (Å²) in [7, 11) is 0. The van der Waals surface area contributed by atoms with Gasteiger partial charge in [-0.3, -0.25) is 9.69 Å². The number of ether oxygens (including phenoxy) is 1. The smallest absolute Gasteiger partial charge is 0.262 e. The van der Waals surface area contributed by atoms with E-state index in [9.17, 15) is 4.79 Å². The van der Waals surface area contributed by atoms with Gasteiger partial charge in [0, 0.05) is 23.5 Å². The lowest BCUT2D eigenvalue weighted by Gasteiger charge is -2.25. The Balaban J connectivity index is 0.00000259. The fourth-order valence-electron chi connectivity index (χ4n) is 4.04. The molecule has 1 aliphatic rings. The summed E-state index contributed by atoms with van der Waals surface area (Å²) < 4.78 is 6.88. The van der Waals surface area contributed by atoms with Crippen molar-refractivity contribution < 1.29 is 9.53 Å². The maximum atomic E-state index is 12.8. The topological polar surface area (TPSA) is 54.5 Å². The zero-order valence-corrected chi connectivity index (χ0v) is 21.0. The minimum absolute atomic E-state index is 0. The van der Waals surface area contributed by atoms with Crippen LogP contribution >= 0.6 is 35.1 Å². The number of nitrogens with one attached hydrogen (secondary N) is 1. The number of thiazole rings is 1. The first-order valence-electron chi connectivity index (χ1n) is 10.8. The number of para-hydroxylation sites is 1.